The first kappa shape index (κ1) is 11.6. The maximum absolute atomic E-state index is 11.4. The quantitative estimate of drug-likeness (QED) is 0.667. The second-order valence-corrected chi connectivity index (χ2v) is 4.54. The van der Waals surface area contributed by atoms with Crippen LogP contribution in [-0.2, 0) is 6.61 Å². The number of nitrogen functional groups attached to an aromatic ring is 1. The minimum absolute atomic E-state index is 0.0587. The zero-order chi connectivity index (χ0) is 12.3. The average Bonchev–Trinajstić information content (AvgIpc) is 2.80. The molecule has 0 atom stereocenters. The Hall–Kier alpha value is -1.88. The van der Waals surface area contributed by atoms with Crippen LogP contribution in [0.5, 0.6) is 5.75 Å². The molecule has 0 fully saturated rings. The number of rotatable bonds is 4. The summed E-state index contributed by atoms with van der Waals surface area (Å²) in [5.41, 5.74) is 8.45. The Balaban J connectivity index is 2.17. The van der Waals surface area contributed by atoms with Gasteiger partial charge in [-0.1, -0.05) is 0 Å². The second-order valence-electron chi connectivity index (χ2n) is 3.57. The predicted octanol–water partition coefficient (Wildman–Crippen LogP) is 2.51. The molecule has 0 unspecified atom stereocenters. The summed E-state index contributed by atoms with van der Waals surface area (Å²) >= 11 is 1.51. The van der Waals surface area contributed by atoms with Gasteiger partial charge in [0.2, 0.25) is 0 Å². The Bertz CT molecular complexity index is 523. The number of anilines is 1. The summed E-state index contributed by atoms with van der Waals surface area (Å²) in [5.74, 6) is 0.497. The van der Waals surface area contributed by atoms with Crippen molar-refractivity contribution in [3.8, 4) is 5.75 Å². The van der Waals surface area contributed by atoms with Crippen molar-refractivity contribution in [1.82, 2.24) is 4.98 Å². The maximum Gasteiger partial charge on any atom is 0.163 e. The largest absolute Gasteiger partial charge is 0.487 e. The number of Topliss-reactive ketones (excluding diaryl/α,β-unsaturated/α-hetero) is 1. The van der Waals surface area contributed by atoms with Crippen LogP contribution in [0.2, 0.25) is 0 Å². The number of ketones is 1. The van der Waals surface area contributed by atoms with E-state index in [0.29, 0.717) is 23.6 Å². The molecule has 0 bridgehead atoms. The van der Waals surface area contributed by atoms with Gasteiger partial charge in [-0.05, 0) is 25.1 Å². The van der Waals surface area contributed by atoms with Gasteiger partial charge in [-0.25, -0.2) is 0 Å². The molecule has 0 aliphatic heterocycles. The Morgan fingerprint density at radius 1 is 1.53 bits per heavy atom. The van der Waals surface area contributed by atoms with Gasteiger partial charge >= 0.3 is 0 Å². The first-order chi connectivity index (χ1) is 8.16. The van der Waals surface area contributed by atoms with Crippen molar-refractivity contribution in [2.45, 2.75) is 13.5 Å². The van der Waals surface area contributed by atoms with Crippen molar-refractivity contribution in [3.63, 3.8) is 0 Å². The fourth-order valence-corrected chi connectivity index (χ4v) is 1.92. The third kappa shape index (κ3) is 2.82. The Morgan fingerprint density at radius 3 is 3.00 bits per heavy atom. The standard InChI is InChI=1S/C12H12N2O2S/c1-8(15)11-4-9(13)2-3-12(11)16-6-10-5-14-7-17-10/h2-5,7H,6,13H2,1H3. The van der Waals surface area contributed by atoms with E-state index in [1.54, 1.807) is 29.9 Å². The third-order valence-corrected chi connectivity index (χ3v) is 2.99. The molecule has 0 aliphatic carbocycles. The molecule has 1 heterocycles. The first-order valence-corrected chi connectivity index (χ1v) is 5.95. The van der Waals surface area contributed by atoms with E-state index >= 15 is 0 Å². The highest BCUT2D eigenvalue weighted by atomic mass is 32.1. The molecule has 0 spiro atoms. The number of carbonyl (C=O) groups excluding carboxylic acids is 1. The molecule has 2 aromatic rings. The Kier molecular flexibility index (Phi) is 3.39. The van der Waals surface area contributed by atoms with Crippen LogP contribution in [0.4, 0.5) is 5.69 Å². The van der Waals surface area contributed by atoms with Crippen LogP contribution in [0.3, 0.4) is 0 Å². The zero-order valence-corrected chi connectivity index (χ0v) is 10.2. The maximum atomic E-state index is 11.4. The molecule has 5 heteroatoms. The van der Waals surface area contributed by atoms with E-state index in [9.17, 15) is 4.79 Å². The normalized spacial score (nSPS) is 10.2. The van der Waals surface area contributed by atoms with Crippen molar-refractivity contribution in [1.29, 1.82) is 0 Å². The summed E-state index contributed by atoms with van der Waals surface area (Å²) in [6, 6.07) is 5.06. The fraction of sp³-hybridized carbons (Fsp3) is 0.167. The fourth-order valence-electron chi connectivity index (χ4n) is 1.41. The topological polar surface area (TPSA) is 65.2 Å². The van der Waals surface area contributed by atoms with E-state index in [4.69, 9.17) is 10.5 Å². The SMILES string of the molecule is CC(=O)c1cc(N)ccc1OCc1cncs1. The van der Waals surface area contributed by atoms with Crippen LogP contribution in [0.15, 0.2) is 29.9 Å². The zero-order valence-electron chi connectivity index (χ0n) is 9.34. The van der Waals surface area contributed by atoms with Gasteiger partial charge < -0.3 is 10.5 Å². The van der Waals surface area contributed by atoms with Gasteiger partial charge in [-0.3, -0.25) is 9.78 Å². The van der Waals surface area contributed by atoms with E-state index in [0.717, 1.165) is 4.88 Å². The number of hydrogen-bond acceptors (Lipinski definition) is 5. The minimum atomic E-state index is -0.0587. The lowest BCUT2D eigenvalue weighted by molar-refractivity contribution is 0.101. The number of aromatic nitrogens is 1. The van der Waals surface area contributed by atoms with Crippen LogP contribution in [0.25, 0.3) is 0 Å². The molecular weight excluding hydrogens is 236 g/mol. The summed E-state index contributed by atoms with van der Waals surface area (Å²) < 4.78 is 5.59. The molecule has 2 rings (SSSR count). The molecule has 2 N–H and O–H groups in total. The van der Waals surface area contributed by atoms with Crippen molar-refractivity contribution < 1.29 is 9.53 Å². The van der Waals surface area contributed by atoms with Crippen molar-refractivity contribution in [3.05, 3.63) is 40.3 Å². The molecule has 4 nitrogen and oxygen atoms in total. The highest BCUT2D eigenvalue weighted by molar-refractivity contribution is 7.09. The molecule has 0 amide bonds. The van der Waals surface area contributed by atoms with Crippen LogP contribution in [0, 0.1) is 0 Å². The summed E-state index contributed by atoms with van der Waals surface area (Å²) in [7, 11) is 0. The molecule has 1 aromatic carbocycles. The van der Waals surface area contributed by atoms with Gasteiger partial charge in [-0.15, -0.1) is 11.3 Å². The number of thiazole rings is 1. The van der Waals surface area contributed by atoms with Crippen LogP contribution >= 0.6 is 11.3 Å². The van der Waals surface area contributed by atoms with Gasteiger partial charge in [-0.2, -0.15) is 0 Å². The lowest BCUT2D eigenvalue weighted by atomic mass is 10.1. The predicted molar refractivity (Wildman–Crippen MR) is 67.3 cm³/mol. The van der Waals surface area contributed by atoms with Crippen molar-refractivity contribution in [2.24, 2.45) is 0 Å². The van der Waals surface area contributed by atoms with Crippen molar-refractivity contribution in [2.75, 3.05) is 5.73 Å². The van der Waals surface area contributed by atoms with E-state index in [1.807, 2.05) is 0 Å². The van der Waals surface area contributed by atoms with Gasteiger partial charge in [0.05, 0.1) is 16.0 Å². The minimum Gasteiger partial charge on any atom is -0.487 e. The van der Waals surface area contributed by atoms with E-state index < -0.39 is 0 Å². The van der Waals surface area contributed by atoms with Crippen LogP contribution < -0.4 is 10.5 Å². The van der Waals surface area contributed by atoms with Gasteiger partial charge in [0.1, 0.15) is 12.4 Å². The molecule has 0 saturated heterocycles. The third-order valence-electron chi connectivity index (χ3n) is 2.24. The van der Waals surface area contributed by atoms with Crippen LogP contribution in [-0.4, -0.2) is 10.8 Å². The van der Waals surface area contributed by atoms with Gasteiger partial charge in [0.15, 0.2) is 5.78 Å². The summed E-state index contributed by atoms with van der Waals surface area (Å²) in [5, 5.41) is 0. The average molecular weight is 248 g/mol. The molecule has 0 aliphatic rings. The number of ether oxygens (including phenoxy) is 1. The lowest BCUT2D eigenvalue weighted by Crippen LogP contribution is -2.02. The summed E-state index contributed by atoms with van der Waals surface area (Å²) in [6.07, 6.45) is 1.75. The van der Waals surface area contributed by atoms with Crippen LogP contribution in [0.1, 0.15) is 22.2 Å². The van der Waals surface area contributed by atoms with Gasteiger partial charge in [0, 0.05) is 11.9 Å². The highest BCUT2D eigenvalue weighted by Crippen LogP contribution is 2.23. The molecule has 0 saturated carbocycles. The summed E-state index contributed by atoms with van der Waals surface area (Å²) in [6.45, 7) is 1.91. The molecule has 88 valence electrons. The van der Waals surface area contributed by atoms with E-state index in [1.165, 1.54) is 18.3 Å². The smallest absolute Gasteiger partial charge is 0.163 e. The monoisotopic (exact) mass is 248 g/mol. The molecule has 17 heavy (non-hydrogen) atoms. The molecule has 0 radical (unpaired) electrons. The first-order valence-electron chi connectivity index (χ1n) is 5.07. The molecule has 1 aromatic heterocycles. The van der Waals surface area contributed by atoms with E-state index in [2.05, 4.69) is 4.98 Å². The number of hydrogen-bond donors (Lipinski definition) is 1. The van der Waals surface area contributed by atoms with Crippen molar-refractivity contribution >= 4 is 22.8 Å². The van der Waals surface area contributed by atoms with E-state index in [-0.39, 0.29) is 5.78 Å². The Labute approximate surface area is 103 Å². The number of nitrogens with zero attached hydrogens (tertiary/aromatic N) is 1. The highest BCUT2D eigenvalue weighted by Gasteiger charge is 2.09. The lowest BCUT2D eigenvalue weighted by Gasteiger charge is -2.09. The Morgan fingerprint density at radius 2 is 2.35 bits per heavy atom. The molecular formula is C12H12N2O2S. The summed E-state index contributed by atoms with van der Waals surface area (Å²) in [4.78, 5) is 16.4. The number of nitrogens with two attached hydrogens (primary N) is 1. The number of carbonyl (C=O) groups is 1. The van der Waals surface area contributed by atoms with Gasteiger partial charge in [0.25, 0.3) is 0 Å². The second kappa shape index (κ2) is 4.97. The number of benzene rings is 1.